The van der Waals surface area contributed by atoms with E-state index in [0.29, 0.717) is 6.42 Å². The molecule has 0 radical (unpaired) electrons. The molecule has 0 aliphatic rings. The van der Waals surface area contributed by atoms with Crippen LogP contribution in [0.25, 0.3) is 0 Å². The second-order valence-electron chi connectivity index (χ2n) is 2.78. The van der Waals surface area contributed by atoms with Crippen LogP contribution in [0.3, 0.4) is 0 Å². The van der Waals surface area contributed by atoms with Gasteiger partial charge in [0.05, 0.1) is 11.2 Å². The van der Waals surface area contributed by atoms with Gasteiger partial charge < -0.3 is 5.32 Å². The minimum Gasteiger partial charge on any atom is -0.316 e. The maximum absolute atomic E-state index is 11.2. The monoisotopic (exact) mass is 198 g/mol. The molecule has 0 fully saturated rings. The van der Waals surface area contributed by atoms with Gasteiger partial charge in [-0.1, -0.05) is 13.8 Å². The van der Waals surface area contributed by atoms with Crippen LogP contribution >= 0.6 is 11.3 Å². The summed E-state index contributed by atoms with van der Waals surface area (Å²) in [4.78, 5) is 15.4. The summed E-state index contributed by atoms with van der Waals surface area (Å²) in [5.74, 6) is 0.0847. The molecule has 3 nitrogen and oxygen atoms in total. The second-order valence-corrected chi connectivity index (χ2v) is 3.63. The molecule has 0 aliphatic heterocycles. The first-order valence-electron chi connectivity index (χ1n) is 4.50. The van der Waals surface area contributed by atoms with Crippen molar-refractivity contribution < 1.29 is 4.79 Å². The van der Waals surface area contributed by atoms with Gasteiger partial charge in [-0.05, 0) is 12.8 Å². The van der Waals surface area contributed by atoms with Gasteiger partial charge in [0.25, 0.3) is 0 Å². The van der Waals surface area contributed by atoms with Gasteiger partial charge >= 0.3 is 0 Å². The van der Waals surface area contributed by atoms with Gasteiger partial charge in [-0.3, -0.25) is 4.79 Å². The Bertz CT molecular complexity index is 283. The number of carbonyl (C=O) groups is 1. The Morgan fingerprint density at radius 1 is 1.62 bits per heavy atom. The van der Waals surface area contributed by atoms with Crippen LogP contribution in [-0.4, -0.2) is 10.9 Å². The molecule has 1 heterocycles. The predicted octanol–water partition coefficient (Wildman–Crippen LogP) is 2.44. The Balaban J connectivity index is 2.57. The van der Waals surface area contributed by atoms with Crippen molar-refractivity contribution in [2.45, 2.75) is 33.1 Å². The van der Waals surface area contributed by atoms with Gasteiger partial charge in [-0.25, -0.2) is 4.98 Å². The fraction of sp³-hybridized carbons (Fsp3) is 0.556. The molecule has 0 bridgehead atoms. The molecule has 13 heavy (non-hydrogen) atoms. The third-order valence-corrected chi connectivity index (χ3v) is 2.49. The molecular weight excluding hydrogens is 184 g/mol. The molecule has 0 aromatic carbocycles. The molecule has 1 aromatic heterocycles. The summed E-state index contributed by atoms with van der Waals surface area (Å²) in [5, 5.41) is 3.76. The summed E-state index contributed by atoms with van der Waals surface area (Å²) in [5.41, 5.74) is 2.75. The van der Waals surface area contributed by atoms with Crippen LogP contribution in [0, 0.1) is 0 Å². The quantitative estimate of drug-likeness (QED) is 0.807. The standard InChI is InChI=1S/C9H14N2OS/c1-3-5-8(12)11-9-7(4-2)10-6-13-9/h6H,3-5H2,1-2H3,(H,11,12). The van der Waals surface area contributed by atoms with E-state index in [1.807, 2.05) is 13.8 Å². The third kappa shape index (κ3) is 2.81. The molecule has 0 saturated carbocycles. The number of thiazole rings is 1. The summed E-state index contributed by atoms with van der Waals surface area (Å²) >= 11 is 1.49. The fourth-order valence-electron chi connectivity index (χ4n) is 1.04. The molecule has 72 valence electrons. The number of hydrogen-bond acceptors (Lipinski definition) is 3. The van der Waals surface area contributed by atoms with Gasteiger partial charge in [-0.15, -0.1) is 11.3 Å². The van der Waals surface area contributed by atoms with Crippen LogP contribution < -0.4 is 5.32 Å². The molecule has 0 atom stereocenters. The number of nitrogens with one attached hydrogen (secondary N) is 1. The lowest BCUT2D eigenvalue weighted by Crippen LogP contribution is -2.10. The van der Waals surface area contributed by atoms with E-state index in [9.17, 15) is 4.79 Å². The number of amides is 1. The lowest BCUT2D eigenvalue weighted by Gasteiger charge is -2.01. The predicted molar refractivity (Wildman–Crippen MR) is 55.0 cm³/mol. The van der Waals surface area contributed by atoms with Crippen molar-refractivity contribution in [2.24, 2.45) is 0 Å². The SMILES string of the molecule is CCCC(=O)Nc1scnc1CC. The van der Waals surface area contributed by atoms with Gasteiger partial charge in [0.1, 0.15) is 5.00 Å². The Hall–Kier alpha value is -0.900. The molecule has 0 saturated heterocycles. The lowest BCUT2D eigenvalue weighted by molar-refractivity contribution is -0.116. The number of aryl methyl sites for hydroxylation is 1. The van der Waals surface area contributed by atoms with Gasteiger partial charge in [-0.2, -0.15) is 0 Å². The van der Waals surface area contributed by atoms with Crippen molar-refractivity contribution in [1.82, 2.24) is 4.98 Å². The maximum Gasteiger partial charge on any atom is 0.225 e. The number of carbonyl (C=O) groups excluding carboxylic acids is 1. The highest BCUT2D eigenvalue weighted by molar-refractivity contribution is 7.14. The van der Waals surface area contributed by atoms with E-state index in [2.05, 4.69) is 10.3 Å². The molecule has 0 unspecified atom stereocenters. The van der Waals surface area contributed by atoms with Crippen LogP contribution in [0.5, 0.6) is 0 Å². The van der Waals surface area contributed by atoms with Gasteiger partial charge in [0.15, 0.2) is 0 Å². The zero-order valence-electron chi connectivity index (χ0n) is 7.96. The van der Waals surface area contributed by atoms with E-state index in [-0.39, 0.29) is 5.91 Å². The van der Waals surface area contributed by atoms with Crippen molar-refractivity contribution in [1.29, 1.82) is 0 Å². The summed E-state index contributed by atoms with van der Waals surface area (Å²) in [6, 6.07) is 0. The Morgan fingerprint density at radius 2 is 2.38 bits per heavy atom. The summed E-state index contributed by atoms with van der Waals surface area (Å²) in [6.07, 6.45) is 2.33. The highest BCUT2D eigenvalue weighted by atomic mass is 32.1. The molecule has 1 rings (SSSR count). The van der Waals surface area contributed by atoms with E-state index in [1.54, 1.807) is 5.51 Å². The van der Waals surface area contributed by atoms with E-state index < -0.39 is 0 Å². The minimum atomic E-state index is 0.0847. The summed E-state index contributed by atoms with van der Waals surface area (Å²) in [6.45, 7) is 4.03. The maximum atomic E-state index is 11.2. The van der Waals surface area contributed by atoms with Gasteiger partial charge in [0, 0.05) is 6.42 Å². The number of nitrogens with zero attached hydrogens (tertiary/aromatic N) is 1. The fourth-order valence-corrected chi connectivity index (χ4v) is 1.83. The average molecular weight is 198 g/mol. The van der Waals surface area contributed by atoms with E-state index in [1.165, 1.54) is 11.3 Å². The van der Waals surface area contributed by atoms with Crippen molar-refractivity contribution in [3.8, 4) is 0 Å². The van der Waals surface area contributed by atoms with Crippen LogP contribution in [-0.2, 0) is 11.2 Å². The average Bonchev–Trinajstić information content (AvgIpc) is 2.52. The molecule has 1 amide bonds. The van der Waals surface area contributed by atoms with E-state index >= 15 is 0 Å². The van der Waals surface area contributed by atoms with E-state index in [0.717, 1.165) is 23.5 Å². The number of aromatic nitrogens is 1. The van der Waals surface area contributed by atoms with Crippen molar-refractivity contribution in [3.63, 3.8) is 0 Å². The number of hydrogen-bond donors (Lipinski definition) is 1. The van der Waals surface area contributed by atoms with Crippen molar-refractivity contribution in [2.75, 3.05) is 5.32 Å². The van der Waals surface area contributed by atoms with Crippen molar-refractivity contribution >= 4 is 22.2 Å². The van der Waals surface area contributed by atoms with Crippen LogP contribution in [0.1, 0.15) is 32.4 Å². The minimum absolute atomic E-state index is 0.0847. The highest BCUT2D eigenvalue weighted by Crippen LogP contribution is 2.20. The first-order valence-corrected chi connectivity index (χ1v) is 5.38. The Labute approximate surface area is 82.2 Å². The van der Waals surface area contributed by atoms with Crippen molar-refractivity contribution in [3.05, 3.63) is 11.2 Å². The zero-order valence-corrected chi connectivity index (χ0v) is 8.78. The first-order chi connectivity index (χ1) is 6.27. The molecule has 0 spiro atoms. The largest absolute Gasteiger partial charge is 0.316 e. The van der Waals surface area contributed by atoms with Crippen LogP contribution in [0.4, 0.5) is 5.00 Å². The van der Waals surface area contributed by atoms with Gasteiger partial charge in [0.2, 0.25) is 5.91 Å². The molecule has 1 N–H and O–H groups in total. The smallest absolute Gasteiger partial charge is 0.225 e. The lowest BCUT2D eigenvalue weighted by atomic mass is 10.3. The molecule has 4 heteroatoms. The Kier molecular flexibility index (Phi) is 3.89. The van der Waals surface area contributed by atoms with Crippen LogP contribution in [0.15, 0.2) is 5.51 Å². The highest BCUT2D eigenvalue weighted by Gasteiger charge is 2.06. The summed E-state index contributed by atoms with van der Waals surface area (Å²) < 4.78 is 0. The molecular formula is C9H14N2OS. The Morgan fingerprint density at radius 3 is 3.00 bits per heavy atom. The zero-order chi connectivity index (χ0) is 9.68. The topological polar surface area (TPSA) is 42.0 Å². The summed E-state index contributed by atoms with van der Waals surface area (Å²) in [7, 11) is 0. The van der Waals surface area contributed by atoms with Crippen LogP contribution in [0.2, 0.25) is 0 Å². The number of rotatable bonds is 4. The molecule has 1 aromatic rings. The first kappa shape index (κ1) is 10.2. The van der Waals surface area contributed by atoms with E-state index in [4.69, 9.17) is 0 Å². The third-order valence-electron chi connectivity index (χ3n) is 1.71. The molecule has 0 aliphatic carbocycles. The second kappa shape index (κ2) is 4.97. The normalized spacial score (nSPS) is 10.0. The number of anilines is 1.